The molecule has 0 spiro atoms. The summed E-state index contributed by atoms with van der Waals surface area (Å²) in [5, 5.41) is 4.74. The molecule has 0 aromatic rings. The van der Waals surface area contributed by atoms with Crippen molar-refractivity contribution in [2.75, 3.05) is 32.0 Å². The SMILES string of the molecule is CC(C)(C)C1CCSC(=NCC2CN3CCCC3CO2)N1. The summed E-state index contributed by atoms with van der Waals surface area (Å²) in [7, 11) is 0. The first-order valence-corrected chi connectivity index (χ1v) is 9.30. The van der Waals surface area contributed by atoms with Crippen LogP contribution in [-0.2, 0) is 4.74 Å². The summed E-state index contributed by atoms with van der Waals surface area (Å²) in [4.78, 5) is 7.39. The second-order valence-corrected chi connectivity index (χ2v) is 8.68. The molecule has 0 aromatic carbocycles. The quantitative estimate of drug-likeness (QED) is 0.849. The summed E-state index contributed by atoms with van der Waals surface area (Å²) < 4.78 is 5.99. The van der Waals surface area contributed by atoms with Crippen molar-refractivity contribution >= 4 is 16.9 Å². The van der Waals surface area contributed by atoms with Crippen molar-refractivity contribution in [2.24, 2.45) is 10.4 Å². The minimum atomic E-state index is 0.282. The molecule has 0 amide bonds. The van der Waals surface area contributed by atoms with Crippen LogP contribution in [0.25, 0.3) is 0 Å². The Morgan fingerprint density at radius 3 is 3.05 bits per heavy atom. The maximum Gasteiger partial charge on any atom is 0.156 e. The minimum absolute atomic E-state index is 0.282. The molecule has 3 atom stereocenters. The van der Waals surface area contributed by atoms with Crippen LogP contribution in [0.4, 0.5) is 0 Å². The van der Waals surface area contributed by atoms with Gasteiger partial charge in [0.15, 0.2) is 5.17 Å². The van der Waals surface area contributed by atoms with Crippen LogP contribution < -0.4 is 5.32 Å². The first-order valence-electron chi connectivity index (χ1n) is 8.32. The summed E-state index contributed by atoms with van der Waals surface area (Å²) in [5.74, 6) is 1.17. The molecule has 0 bridgehead atoms. The molecule has 4 nitrogen and oxygen atoms in total. The number of amidine groups is 1. The Kier molecular flexibility index (Phi) is 4.81. The van der Waals surface area contributed by atoms with Gasteiger partial charge in [0.2, 0.25) is 0 Å². The number of morpholine rings is 1. The van der Waals surface area contributed by atoms with Crippen molar-refractivity contribution in [3.63, 3.8) is 0 Å². The van der Waals surface area contributed by atoms with Gasteiger partial charge in [-0.2, -0.15) is 0 Å². The van der Waals surface area contributed by atoms with Crippen LogP contribution >= 0.6 is 11.8 Å². The molecule has 0 saturated carbocycles. The van der Waals surface area contributed by atoms with Gasteiger partial charge in [0.1, 0.15) is 0 Å². The number of ether oxygens (including phenoxy) is 1. The average molecular weight is 311 g/mol. The number of fused-ring (bicyclic) bond motifs is 1. The Bertz CT molecular complexity index is 393. The second kappa shape index (κ2) is 6.47. The number of nitrogens with zero attached hydrogens (tertiary/aromatic N) is 2. The fourth-order valence-corrected chi connectivity index (χ4v) is 4.40. The molecule has 0 aromatic heterocycles. The van der Waals surface area contributed by atoms with Gasteiger partial charge in [-0.3, -0.25) is 9.89 Å². The molecule has 3 aliphatic rings. The zero-order chi connectivity index (χ0) is 14.9. The summed E-state index contributed by atoms with van der Waals surface area (Å²) in [6, 6.07) is 1.22. The molecule has 120 valence electrons. The van der Waals surface area contributed by atoms with E-state index in [0.29, 0.717) is 17.5 Å². The average Bonchev–Trinajstić information content (AvgIpc) is 2.92. The van der Waals surface area contributed by atoms with Crippen molar-refractivity contribution in [1.29, 1.82) is 0 Å². The highest BCUT2D eigenvalue weighted by Gasteiger charge is 2.32. The molecule has 3 heterocycles. The summed E-state index contributed by atoms with van der Waals surface area (Å²) in [5.41, 5.74) is 0.297. The topological polar surface area (TPSA) is 36.9 Å². The third-order valence-electron chi connectivity index (χ3n) is 4.89. The van der Waals surface area contributed by atoms with Crippen LogP contribution in [-0.4, -0.2) is 60.2 Å². The first kappa shape index (κ1) is 15.6. The number of hydrogen-bond donors (Lipinski definition) is 1. The van der Waals surface area contributed by atoms with Gasteiger partial charge in [0.25, 0.3) is 0 Å². The second-order valence-electron chi connectivity index (χ2n) is 7.59. The highest BCUT2D eigenvalue weighted by atomic mass is 32.2. The van der Waals surface area contributed by atoms with Crippen molar-refractivity contribution in [2.45, 2.75) is 58.2 Å². The molecule has 21 heavy (non-hydrogen) atoms. The molecule has 3 rings (SSSR count). The van der Waals surface area contributed by atoms with Gasteiger partial charge in [-0.05, 0) is 31.2 Å². The summed E-state index contributed by atoms with van der Waals surface area (Å²) in [6.07, 6.45) is 4.15. The van der Waals surface area contributed by atoms with Crippen molar-refractivity contribution in [1.82, 2.24) is 10.2 Å². The number of nitrogens with one attached hydrogen (secondary N) is 1. The maximum absolute atomic E-state index is 5.99. The van der Waals surface area contributed by atoms with Crippen LogP contribution in [0.15, 0.2) is 4.99 Å². The molecule has 5 heteroatoms. The fourth-order valence-electron chi connectivity index (χ4n) is 3.46. The van der Waals surface area contributed by atoms with E-state index in [1.165, 1.54) is 31.6 Å². The molecule has 0 aliphatic carbocycles. The van der Waals surface area contributed by atoms with Gasteiger partial charge >= 0.3 is 0 Å². The zero-order valence-corrected chi connectivity index (χ0v) is 14.4. The predicted octanol–water partition coefficient (Wildman–Crippen LogP) is 2.35. The molecule has 3 aliphatic heterocycles. The number of rotatable bonds is 2. The summed E-state index contributed by atoms with van der Waals surface area (Å²) in [6.45, 7) is 10.9. The Hall–Kier alpha value is -0.260. The smallest absolute Gasteiger partial charge is 0.156 e. The van der Waals surface area contributed by atoms with Crippen LogP contribution in [0.3, 0.4) is 0 Å². The third kappa shape index (κ3) is 3.93. The third-order valence-corrected chi connectivity index (χ3v) is 5.85. The van der Waals surface area contributed by atoms with E-state index in [-0.39, 0.29) is 6.10 Å². The molecular weight excluding hydrogens is 282 g/mol. The van der Waals surface area contributed by atoms with E-state index < -0.39 is 0 Å². The van der Waals surface area contributed by atoms with Crippen molar-refractivity contribution < 1.29 is 4.74 Å². The van der Waals surface area contributed by atoms with Gasteiger partial charge in [0.05, 0.1) is 19.3 Å². The molecular formula is C16H29N3OS. The molecule has 3 unspecified atom stereocenters. The highest BCUT2D eigenvalue weighted by Crippen LogP contribution is 2.28. The minimum Gasteiger partial charge on any atom is -0.373 e. The van der Waals surface area contributed by atoms with E-state index in [1.807, 2.05) is 11.8 Å². The summed E-state index contributed by atoms with van der Waals surface area (Å²) >= 11 is 1.86. The van der Waals surface area contributed by atoms with Gasteiger partial charge in [-0.1, -0.05) is 32.5 Å². The van der Waals surface area contributed by atoms with E-state index in [9.17, 15) is 0 Å². The number of hydrogen-bond acceptors (Lipinski definition) is 4. The maximum atomic E-state index is 5.99. The number of aliphatic imine (C=N–C) groups is 1. The Balaban J connectivity index is 1.51. The lowest BCUT2D eigenvalue weighted by molar-refractivity contribution is -0.0431. The van der Waals surface area contributed by atoms with Gasteiger partial charge in [-0.15, -0.1) is 0 Å². The lowest BCUT2D eigenvalue weighted by Crippen LogP contribution is -2.48. The Morgan fingerprint density at radius 1 is 1.38 bits per heavy atom. The van der Waals surface area contributed by atoms with E-state index in [1.54, 1.807) is 0 Å². The van der Waals surface area contributed by atoms with Crippen molar-refractivity contribution in [3.05, 3.63) is 0 Å². The van der Waals surface area contributed by atoms with E-state index in [4.69, 9.17) is 9.73 Å². The van der Waals surface area contributed by atoms with E-state index in [0.717, 1.165) is 24.9 Å². The highest BCUT2D eigenvalue weighted by molar-refractivity contribution is 8.13. The number of thioether (sulfide) groups is 1. The lowest BCUT2D eigenvalue weighted by atomic mass is 9.85. The van der Waals surface area contributed by atoms with Crippen LogP contribution in [0.2, 0.25) is 0 Å². The molecule has 3 saturated heterocycles. The first-order chi connectivity index (χ1) is 10.0. The lowest BCUT2D eigenvalue weighted by Gasteiger charge is -2.36. The van der Waals surface area contributed by atoms with Crippen LogP contribution in [0.5, 0.6) is 0 Å². The standard InChI is InChI=1S/C16H29N3OS/c1-16(2,3)14-6-8-21-15(18-14)17-9-13-10-19-7-4-5-12(19)11-20-13/h12-14H,4-11H2,1-3H3,(H,17,18). The predicted molar refractivity (Wildman–Crippen MR) is 90.1 cm³/mol. The van der Waals surface area contributed by atoms with Crippen molar-refractivity contribution in [3.8, 4) is 0 Å². The fraction of sp³-hybridized carbons (Fsp3) is 0.938. The van der Waals surface area contributed by atoms with E-state index >= 15 is 0 Å². The monoisotopic (exact) mass is 311 g/mol. The van der Waals surface area contributed by atoms with Gasteiger partial charge in [0, 0.05) is 24.4 Å². The molecule has 3 fully saturated rings. The normalized spacial score (nSPS) is 36.5. The zero-order valence-electron chi connectivity index (χ0n) is 13.6. The molecule has 0 radical (unpaired) electrons. The van der Waals surface area contributed by atoms with Gasteiger partial charge < -0.3 is 10.1 Å². The van der Waals surface area contributed by atoms with Crippen LogP contribution in [0.1, 0.15) is 40.0 Å². The Labute approximate surface area is 133 Å². The van der Waals surface area contributed by atoms with E-state index in [2.05, 4.69) is 31.0 Å². The van der Waals surface area contributed by atoms with Crippen LogP contribution in [0, 0.1) is 5.41 Å². The Morgan fingerprint density at radius 2 is 2.24 bits per heavy atom. The largest absolute Gasteiger partial charge is 0.373 e. The molecule has 1 N–H and O–H groups in total. The van der Waals surface area contributed by atoms with Gasteiger partial charge in [-0.25, -0.2) is 0 Å².